The second-order valence-corrected chi connectivity index (χ2v) is 7.99. The highest BCUT2D eigenvalue weighted by Gasteiger charge is 2.42. The molecule has 1 saturated heterocycles. The lowest BCUT2D eigenvalue weighted by molar-refractivity contribution is -0.147. The summed E-state index contributed by atoms with van der Waals surface area (Å²) < 4.78 is 24.2. The molecule has 1 N–H and O–H groups in total. The fourth-order valence-corrected chi connectivity index (χ4v) is 3.64. The van der Waals surface area contributed by atoms with Crippen molar-refractivity contribution in [3.8, 4) is 0 Å². The molecule has 0 aliphatic carbocycles. The number of carbonyl (C=O) groups excluding carboxylic acids is 1. The highest BCUT2D eigenvalue weighted by atomic mass is 32.2. The van der Waals surface area contributed by atoms with Gasteiger partial charge in [0.15, 0.2) is 9.84 Å². The number of carbonyl (C=O) groups is 2. The average Bonchev–Trinajstić information content (AvgIpc) is 2.90. The SMILES string of the molecule is CCS(=O)(=O)c1ccccc1C(=O)N1CCC(C)(C(=O)O)C1. The molecule has 0 aromatic heterocycles. The van der Waals surface area contributed by atoms with Crippen LogP contribution in [0.5, 0.6) is 0 Å². The molecule has 0 saturated carbocycles. The third kappa shape index (κ3) is 2.85. The van der Waals surface area contributed by atoms with Gasteiger partial charge < -0.3 is 10.0 Å². The van der Waals surface area contributed by atoms with E-state index in [1.807, 2.05) is 0 Å². The minimum absolute atomic E-state index is 0.00595. The van der Waals surface area contributed by atoms with Crippen LogP contribution in [0.2, 0.25) is 0 Å². The minimum Gasteiger partial charge on any atom is -0.481 e. The van der Waals surface area contributed by atoms with Gasteiger partial charge >= 0.3 is 5.97 Å². The van der Waals surface area contributed by atoms with Crippen molar-refractivity contribution in [2.75, 3.05) is 18.8 Å². The molecule has 0 radical (unpaired) electrons. The van der Waals surface area contributed by atoms with Gasteiger partial charge in [-0.05, 0) is 25.5 Å². The van der Waals surface area contributed by atoms with Crippen molar-refractivity contribution in [1.29, 1.82) is 0 Å². The average molecular weight is 325 g/mol. The topological polar surface area (TPSA) is 91.8 Å². The van der Waals surface area contributed by atoms with Crippen LogP contribution in [0.4, 0.5) is 0 Å². The van der Waals surface area contributed by atoms with E-state index in [1.54, 1.807) is 19.1 Å². The molecule has 1 aliphatic heterocycles. The summed E-state index contributed by atoms with van der Waals surface area (Å²) >= 11 is 0. The Hall–Kier alpha value is -1.89. The lowest BCUT2D eigenvalue weighted by Gasteiger charge is -2.21. The first-order valence-corrected chi connectivity index (χ1v) is 8.71. The van der Waals surface area contributed by atoms with Crippen LogP contribution in [0.1, 0.15) is 30.6 Å². The largest absolute Gasteiger partial charge is 0.481 e. The number of benzene rings is 1. The number of hydrogen-bond donors (Lipinski definition) is 1. The van der Waals surface area contributed by atoms with Crippen LogP contribution in [0.3, 0.4) is 0 Å². The van der Waals surface area contributed by atoms with Gasteiger partial charge in [0, 0.05) is 13.1 Å². The molecule has 2 rings (SSSR count). The molecule has 0 bridgehead atoms. The molecular formula is C15H19NO5S. The zero-order valence-electron chi connectivity index (χ0n) is 12.6. The maximum absolute atomic E-state index is 12.6. The second-order valence-electron chi connectivity index (χ2n) is 5.74. The van der Waals surface area contributed by atoms with Gasteiger partial charge in [-0.25, -0.2) is 8.42 Å². The molecule has 1 aliphatic rings. The number of hydrogen-bond acceptors (Lipinski definition) is 4. The predicted molar refractivity (Wildman–Crippen MR) is 80.4 cm³/mol. The first-order valence-electron chi connectivity index (χ1n) is 7.06. The number of carboxylic acids is 1. The van der Waals surface area contributed by atoms with Gasteiger partial charge in [-0.3, -0.25) is 9.59 Å². The fraction of sp³-hybridized carbons (Fsp3) is 0.467. The molecule has 1 aromatic rings. The Morgan fingerprint density at radius 1 is 1.32 bits per heavy atom. The molecule has 22 heavy (non-hydrogen) atoms. The first kappa shape index (κ1) is 16.5. The van der Waals surface area contributed by atoms with Crippen molar-refractivity contribution in [3.05, 3.63) is 29.8 Å². The van der Waals surface area contributed by atoms with Crippen LogP contribution in [0, 0.1) is 5.41 Å². The van der Waals surface area contributed by atoms with E-state index in [4.69, 9.17) is 0 Å². The Bertz CT molecular complexity index is 712. The zero-order chi connectivity index (χ0) is 16.5. The Morgan fingerprint density at radius 3 is 2.50 bits per heavy atom. The summed E-state index contributed by atoms with van der Waals surface area (Å²) in [7, 11) is -3.51. The first-order chi connectivity index (χ1) is 10.2. The maximum Gasteiger partial charge on any atom is 0.311 e. The molecular weight excluding hydrogens is 306 g/mol. The summed E-state index contributed by atoms with van der Waals surface area (Å²) in [6.45, 7) is 3.51. The van der Waals surface area contributed by atoms with E-state index in [0.29, 0.717) is 13.0 Å². The third-order valence-electron chi connectivity index (χ3n) is 4.11. The van der Waals surface area contributed by atoms with E-state index in [9.17, 15) is 23.1 Å². The number of rotatable bonds is 4. The summed E-state index contributed by atoms with van der Waals surface area (Å²) in [5, 5.41) is 9.23. The van der Waals surface area contributed by atoms with Crippen molar-refractivity contribution < 1.29 is 23.1 Å². The van der Waals surface area contributed by atoms with E-state index in [1.165, 1.54) is 24.0 Å². The third-order valence-corrected chi connectivity index (χ3v) is 5.90. The highest BCUT2D eigenvalue weighted by molar-refractivity contribution is 7.91. The van der Waals surface area contributed by atoms with Gasteiger partial charge in [-0.2, -0.15) is 0 Å². The van der Waals surface area contributed by atoms with Gasteiger partial charge in [0.25, 0.3) is 5.91 Å². The van der Waals surface area contributed by atoms with Crippen LogP contribution in [0.25, 0.3) is 0 Å². The Labute approximate surface area is 129 Å². The van der Waals surface area contributed by atoms with Crippen LogP contribution in [-0.4, -0.2) is 49.1 Å². The van der Waals surface area contributed by atoms with Crippen molar-refractivity contribution in [2.24, 2.45) is 5.41 Å². The van der Waals surface area contributed by atoms with E-state index in [2.05, 4.69) is 0 Å². The van der Waals surface area contributed by atoms with Crippen molar-refractivity contribution in [2.45, 2.75) is 25.2 Å². The standard InChI is InChI=1S/C15H19NO5S/c1-3-22(20,21)12-7-5-4-6-11(12)13(17)16-9-8-15(2,10-16)14(18)19/h4-7H,3,8-10H2,1-2H3,(H,18,19). The van der Waals surface area contributed by atoms with E-state index in [-0.39, 0.29) is 22.8 Å². The highest BCUT2D eigenvalue weighted by Crippen LogP contribution is 2.31. The van der Waals surface area contributed by atoms with E-state index < -0.39 is 27.1 Å². The second kappa shape index (κ2) is 5.72. The van der Waals surface area contributed by atoms with Gasteiger partial charge in [-0.15, -0.1) is 0 Å². The number of nitrogens with zero attached hydrogens (tertiary/aromatic N) is 1. The summed E-state index contributed by atoms with van der Waals surface area (Å²) in [6, 6.07) is 6.07. The number of sulfone groups is 1. The van der Waals surface area contributed by atoms with E-state index >= 15 is 0 Å². The molecule has 1 fully saturated rings. The Balaban J connectivity index is 2.35. The number of carboxylic acid groups (broad SMARTS) is 1. The lowest BCUT2D eigenvalue weighted by atomic mass is 9.90. The molecule has 1 amide bonds. The van der Waals surface area contributed by atoms with Crippen molar-refractivity contribution in [3.63, 3.8) is 0 Å². The van der Waals surface area contributed by atoms with Gasteiger partial charge in [0.1, 0.15) is 0 Å². The molecule has 1 heterocycles. The monoisotopic (exact) mass is 325 g/mol. The van der Waals surface area contributed by atoms with Crippen molar-refractivity contribution in [1.82, 2.24) is 4.90 Å². The Morgan fingerprint density at radius 2 is 1.95 bits per heavy atom. The smallest absolute Gasteiger partial charge is 0.311 e. The molecule has 1 atom stereocenters. The number of aliphatic carboxylic acids is 1. The molecule has 1 aromatic carbocycles. The zero-order valence-corrected chi connectivity index (χ0v) is 13.4. The molecule has 0 spiro atoms. The Kier molecular flexibility index (Phi) is 4.28. The van der Waals surface area contributed by atoms with Crippen LogP contribution >= 0.6 is 0 Å². The lowest BCUT2D eigenvalue weighted by Crippen LogP contribution is -2.35. The van der Waals surface area contributed by atoms with Gasteiger partial charge in [-0.1, -0.05) is 19.1 Å². The molecule has 6 nitrogen and oxygen atoms in total. The molecule has 7 heteroatoms. The fourth-order valence-electron chi connectivity index (χ4n) is 2.55. The van der Waals surface area contributed by atoms with Crippen LogP contribution < -0.4 is 0 Å². The predicted octanol–water partition coefficient (Wildman–Crippen LogP) is 1.42. The van der Waals surface area contributed by atoms with Crippen LogP contribution in [0.15, 0.2) is 29.2 Å². The maximum atomic E-state index is 12.6. The van der Waals surface area contributed by atoms with Gasteiger partial charge in [0.05, 0.1) is 21.6 Å². The van der Waals surface area contributed by atoms with E-state index in [0.717, 1.165) is 0 Å². The number of amides is 1. The summed E-state index contributed by atoms with van der Waals surface area (Å²) in [5.41, 5.74) is -0.868. The quantitative estimate of drug-likeness (QED) is 0.904. The summed E-state index contributed by atoms with van der Waals surface area (Å²) in [5.74, 6) is -1.47. The van der Waals surface area contributed by atoms with Crippen molar-refractivity contribution >= 4 is 21.7 Å². The van der Waals surface area contributed by atoms with Gasteiger partial charge in [0.2, 0.25) is 0 Å². The van der Waals surface area contributed by atoms with Crippen LogP contribution in [-0.2, 0) is 14.6 Å². The number of likely N-dealkylation sites (tertiary alicyclic amines) is 1. The summed E-state index contributed by atoms with van der Waals surface area (Å²) in [4.78, 5) is 25.3. The molecule has 1 unspecified atom stereocenters. The normalized spacial score (nSPS) is 21.8. The minimum atomic E-state index is -3.51. The molecule has 120 valence electrons. The summed E-state index contributed by atoms with van der Waals surface area (Å²) in [6.07, 6.45) is 0.358.